The first-order valence-electron chi connectivity index (χ1n) is 8.58. The highest BCUT2D eigenvalue weighted by molar-refractivity contribution is 7.15. The number of nitrogens with one attached hydrogen (secondary N) is 1. The zero-order valence-corrected chi connectivity index (χ0v) is 15.6. The van der Waals surface area contributed by atoms with Gasteiger partial charge in [0, 0.05) is 10.9 Å². The Morgan fingerprint density at radius 2 is 1.93 bits per heavy atom. The number of amides is 1. The Morgan fingerprint density at radius 1 is 1.15 bits per heavy atom. The summed E-state index contributed by atoms with van der Waals surface area (Å²) in [5.41, 5.74) is 3.17. The van der Waals surface area contributed by atoms with Gasteiger partial charge in [-0.25, -0.2) is 4.52 Å². The number of aryl methyl sites for hydroxylation is 1. The van der Waals surface area contributed by atoms with Crippen molar-refractivity contribution in [2.45, 2.75) is 13.3 Å². The van der Waals surface area contributed by atoms with E-state index in [4.69, 9.17) is 4.74 Å². The van der Waals surface area contributed by atoms with E-state index >= 15 is 0 Å². The van der Waals surface area contributed by atoms with E-state index in [0.717, 1.165) is 22.0 Å². The van der Waals surface area contributed by atoms with Gasteiger partial charge in [0.15, 0.2) is 0 Å². The summed E-state index contributed by atoms with van der Waals surface area (Å²) >= 11 is 1.49. The summed E-state index contributed by atoms with van der Waals surface area (Å²) in [5, 5.41) is 9.15. The third-order valence-electron chi connectivity index (χ3n) is 4.02. The van der Waals surface area contributed by atoms with Gasteiger partial charge in [0.2, 0.25) is 16.8 Å². The number of thiazole rings is 1. The molecule has 2 aromatic heterocycles. The monoisotopic (exact) mass is 378 g/mol. The fourth-order valence-electron chi connectivity index (χ4n) is 2.62. The SMILES string of the molecule is Cc1ccc(OCCC(=O)Nc2nc3scc(-c4ccccc4)n3n2)cc1. The molecule has 6 nitrogen and oxygen atoms in total. The van der Waals surface area contributed by atoms with Crippen LogP contribution in [0.4, 0.5) is 5.95 Å². The van der Waals surface area contributed by atoms with E-state index in [-0.39, 0.29) is 12.3 Å². The second-order valence-corrected chi connectivity index (χ2v) is 6.91. The van der Waals surface area contributed by atoms with Crippen LogP contribution in [0.25, 0.3) is 16.2 Å². The number of ether oxygens (including phenoxy) is 1. The van der Waals surface area contributed by atoms with Crippen LogP contribution in [0, 0.1) is 6.92 Å². The van der Waals surface area contributed by atoms with Crippen LogP contribution in [-0.2, 0) is 4.79 Å². The molecule has 0 saturated carbocycles. The smallest absolute Gasteiger partial charge is 0.250 e. The third-order valence-corrected chi connectivity index (χ3v) is 4.84. The molecule has 2 aromatic carbocycles. The predicted molar refractivity (Wildman–Crippen MR) is 106 cm³/mol. The van der Waals surface area contributed by atoms with E-state index in [2.05, 4.69) is 15.4 Å². The van der Waals surface area contributed by atoms with Gasteiger partial charge in [-0.2, -0.15) is 4.98 Å². The highest BCUT2D eigenvalue weighted by Gasteiger charge is 2.13. The number of benzene rings is 2. The molecule has 0 unspecified atom stereocenters. The topological polar surface area (TPSA) is 68.5 Å². The molecule has 0 saturated heterocycles. The summed E-state index contributed by atoms with van der Waals surface area (Å²) in [5.74, 6) is 0.877. The lowest BCUT2D eigenvalue weighted by Gasteiger charge is -2.06. The molecule has 0 aliphatic rings. The molecule has 7 heteroatoms. The van der Waals surface area contributed by atoms with Gasteiger partial charge in [0.1, 0.15) is 5.75 Å². The van der Waals surface area contributed by atoms with Gasteiger partial charge in [-0.1, -0.05) is 48.0 Å². The second-order valence-electron chi connectivity index (χ2n) is 6.08. The molecule has 0 atom stereocenters. The highest BCUT2D eigenvalue weighted by atomic mass is 32.1. The average molecular weight is 378 g/mol. The normalized spacial score (nSPS) is 10.9. The van der Waals surface area contributed by atoms with Crippen molar-refractivity contribution >= 4 is 28.2 Å². The standard InChI is InChI=1S/C20H18N4O2S/c1-14-7-9-16(10-8-14)26-12-11-18(25)21-19-22-20-24(23-19)17(13-27-20)15-5-3-2-4-6-15/h2-10,13H,11-12H2,1H3,(H,21,23,25). The van der Waals surface area contributed by atoms with Crippen LogP contribution >= 0.6 is 11.3 Å². The van der Waals surface area contributed by atoms with Crippen LogP contribution in [0.2, 0.25) is 0 Å². The molecule has 0 radical (unpaired) electrons. The molecule has 2 heterocycles. The molecular formula is C20H18N4O2S. The minimum Gasteiger partial charge on any atom is -0.493 e. The quantitative estimate of drug-likeness (QED) is 0.547. The largest absolute Gasteiger partial charge is 0.493 e. The lowest BCUT2D eigenvalue weighted by atomic mass is 10.2. The van der Waals surface area contributed by atoms with Crippen molar-refractivity contribution in [2.75, 3.05) is 11.9 Å². The van der Waals surface area contributed by atoms with Gasteiger partial charge >= 0.3 is 0 Å². The van der Waals surface area contributed by atoms with Crippen LogP contribution in [-0.4, -0.2) is 27.1 Å². The van der Waals surface area contributed by atoms with Crippen LogP contribution in [0.15, 0.2) is 60.0 Å². The maximum Gasteiger partial charge on any atom is 0.250 e. The number of anilines is 1. The maximum atomic E-state index is 12.1. The maximum absolute atomic E-state index is 12.1. The average Bonchev–Trinajstić information content (AvgIpc) is 3.24. The van der Waals surface area contributed by atoms with E-state index in [1.54, 1.807) is 4.52 Å². The number of nitrogens with zero attached hydrogens (tertiary/aromatic N) is 3. The number of carbonyl (C=O) groups is 1. The van der Waals surface area contributed by atoms with Crippen molar-refractivity contribution in [1.29, 1.82) is 0 Å². The van der Waals surface area contributed by atoms with Crippen LogP contribution in [0.3, 0.4) is 0 Å². The summed E-state index contributed by atoms with van der Waals surface area (Å²) in [7, 11) is 0. The minimum atomic E-state index is -0.179. The third kappa shape index (κ3) is 3.98. The van der Waals surface area contributed by atoms with E-state index in [1.165, 1.54) is 16.9 Å². The number of hydrogen-bond acceptors (Lipinski definition) is 5. The molecule has 0 fully saturated rings. The predicted octanol–water partition coefficient (Wildman–Crippen LogP) is 4.17. The Kier molecular flexibility index (Phi) is 4.84. The van der Waals surface area contributed by atoms with Gasteiger partial charge < -0.3 is 4.74 Å². The minimum absolute atomic E-state index is 0.179. The molecule has 0 bridgehead atoms. The van der Waals surface area contributed by atoms with Crippen molar-refractivity contribution in [3.63, 3.8) is 0 Å². The molecule has 27 heavy (non-hydrogen) atoms. The van der Waals surface area contributed by atoms with Gasteiger partial charge in [0.25, 0.3) is 0 Å². The molecule has 0 aliphatic carbocycles. The molecule has 1 amide bonds. The molecule has 1 N–H and O–H groups in total. The van der Waals surface area contributed by atoms with Gasteiger partial charge in [-0.05, 0) is 19.1 Å². The van der Waals surface area contributed by atoms with Crippen molar-refractivity contribution in [2.24, 2.45) is 0 Å². The Labute approximate surface area is 160 Å². The molecule has 0 spiro atoms. The van der Waals surface area contributed by atoms with Crippen molar-refractivity contribution in [3.8, 4) is 17.0 Å². The molecule has 0 aliphatic heterocycles. The lowest BCUT2D eigenvalue weighted by Crippen LogP contribution is -2.16. The van der Waals surface area contributed by atoms with Gasteiger partial charge in [-0.15, -0.1) is 16.4 Å². The number of aromatic nitrogens is 3. The zero-order valence-electron chi connectivity index (χ0n) is 14.8. The van der Waals surface area contributed by atoms with Crippen molar-refractivity contribution in [3.05, 3.63) is 65.5 Å². The van der Waals surface area contributed by atoms with Gasteiger partial charge in [0.05, 0.1) is 18.7 Å². The number of hydrogen-bond donors (Lipinski definition) is 1. The van der Waals surface area contributed by atoms with E-state index in [0.29, 0.717) is 12.6 Å². The molecule has 4 rings (SSSR count). The fraction of sp³-hybridized carbons (Fsp3) is 0.150. The second kappa shape index (κ2) is 7.59. The first-order valence-corrected chi connectivity index (χ1v) is 9.46. The lowest BCUT2D eigenvalue weighted by molar-refractivity contribution is -0.116. The Morgan fingerprint density at radius 3 is 2.70 bits per heavy atom. The van der Waals surface area contributed by atoms with Crippen molar-refractivity contribution in [1.82, 2.24) is 14.6 Å². The Balaban J connectivity index is 1.37. The first-order chi connectivity index (χ1) is 13.2. The van der Waals surface area contributed by atoms with E-state index in [1.807, 2.05) is 66.9 Å². The van der Waals surface area contributed by atoms with Crippen molar-refractivity contribution < 1.29 is 9.53 Å². The van der Waals surface area contributed by atoms with Crippen LogP contribution in [0.5, 0.6) is 5.75 Å². The summed E-state index contributed by atoms with van der Waals surface area (Å²) in [4.78, 5) is 17.2. The van der Waals surface area contributed by atoms with Gasteiger partial charge in [-0.3, -0.25) is 10.1 Å². The fourth-order valence-corrected chi connectivity index (χ4v) is 3.46. The molecule has 4 aromatic rings. The van der Waals surface area contributed by atoms with Crippen LogP contribution < -0.4 is 10.1 Å². The number of fused-ring (bicyclic) bond motifs is 1. The summed E-state index contributed by atoms with van der Waals surface area (Å²) in [6.45, 7) is 2.31. The number of rotatable bonds is 6. The summed E-state index contributed by atoms with van der Waals surface area (Å²) < 4.78 is 7.33. The first kappa shape index (κ1) is 17.2. The molecular weight excluding hydrogens is 360 g/mol. The van der Waals surface area contributed by atoms with Crippen LogP contribution in [0.1, 0.15) is 12.0 Å². The summed E-state index contributed by atoms with van der Waals surface area (Å²) in [6, 6.07) is 17.7. The highest BCUT2D eigenvalue weighted by Crippen LogP contribution is 2.25. The number of carbonyl (C=O) groups excluding carboxylic acids is 1. The summed E-state index contributed by atoms with van der Waals surface area (Å²) in [6.07, 6.45) is 0.228. The van der Waals surface area contributed by atoms with E-state index < -0.39 is 0 Å². The van der Waals surface area contributed by atoms with E-state index in [9.17, 15) is 4.79 Å². The Bertz CT molecular complexity index is 1050. The molecule has 136 valence electrons. The zero-order chi connectivity index (χ0) is 18.6. The Hall–Kier alpha value is -3.19.